The highest BCUT2D eigenvalue weighted by Crippen LogP contribution is 2.39. The third-order valence-corrected chi connectivity index (χ3v) is 8.31. The number of benzene rings is 1. The number of rotatable bonds is 5. The number of nitrogens with one attached hydrogen (secondary N) is 1. The second kappa shape index (κ2) is 9.44. The molecule has 0 bridgehead atoms. The largest absolute Gasteiger partial charge is 0.372 e. The van der Waals surface area contributed by atoms with Gasteiger partial charge in [0.05, 0.1) is 53.4 Å². The Kier molecular flexibility index (Phi) is 6.07. The van der Waals surface area contributed by atoms with Crippen LogP contribution < -0.4 is 5.32 Å². The fraction of sp³-hybridized carbons (Fsp3) is 0.269. The second-order valence-corrected chi connectivity index (χ2v) is 11.3. The minimum atomic E-state index is -4.50. The average molecular weight is 538 g/mol. The van der Waals surface area contributed by atoms with E-state index in [4.69, 9.17) is 4.74 Å². The van der Waals surface area contributed by atoms with Gasteiger partial charge in [-0.15, -0.1) is 0 Å². The Morgan fingerprint density at radius 2 is 1.92 bits per heavy atom. The van der Waals surface area contributed by atoms with Gasteiger partial charge < -0.3 is 10.1 Å². The molecular formula is C26H21F2N5O4S. The first-order valence-corrected chi connectivity index (χ1v) is 13.5. The molecule has 0 spiro atoms. The van der Waals surface area contributed by atoms with Gasteiger partial charge in [-0.2, -0.15) is 0 Å². The van der Waals surface area contributed by atoms with Crippen LogP contribution in [0.3, 0.4) is 0 Å². The molecule has 9 nitrogen and oxygen atoms in total. The highest BCUT2D eigenvalue weighted by atomic mass is 32.2. The molecule has 6 rings (SSSR count). The van der Waals surface area contributed by atoms with Crippen molar-refractivity contribution in [3.05, 3.63) is 77.3 Å². The molecule has 0 saturated heterocycles. The summed E-state index contributed by atoms with van der Waals surface area (Å²) in [7, 11) is -4.50. The maximum atomic E-state index is 14.7. The van der Waals surface area contributed by atoms with Crippen LogP contribution in [-0.2, 0) is 27.7 Å². The molecule has 0 unspecified atom stereocenters. The highest BCUT2D eigenvalue weighted by Gasteiger charge is 2.35. The Labute approximate surface area is 216 Å². The summed E-state index contributed by atoms with van der Waals surface area (Å²) in [5, 5.41) is 3.39. The standard InChI is InChI=1S/C26H21F2N5O4S/c27-19-5-16(6-24-18(19)12-37-13-25(28)38(24,35)36)26(34)31-9-17-7-21-15(8-30-17)3-4-20(32-21)23-11-29-10-22(33-23)14-1-2-14/h3-8,10-11,14,25H,1-2,9,12-13H2,(H,31,34)/t25-/m1/s1. The van der Waals surface area contributed by atoms with Crippen molar-refractivity contribution >= 4 is 26.6 Å². The van der Waals surface area contributed by atoms with E-state index in [1.54, 1.807) is 24.7 Å². The molecule has 194 valence electrons. The number of halogens is 2. The molecule has 1 aliphatic carbocycles. The Balaban J connectivity index is 1.23. The predicted octanol–water partition coefficient (Wildman–Crippen LogP) is 3.63. The third kappa shape index (κ3) is 4.61. The first-order valence-electron chi connectivity index (χ1n) is 11.9. The number of hydrogen-bond acceptors (Lipinski definition) is 8. The van der Waals surface area contributed by atoms with E-state index in [2.05, 4.69) is 25.3 Å². The number of ether oxygens (including phenoxy) is 1. The molecule has 12 heteroatoms. The van der Waals surface area contributed by atoms with Gasteiger partial charge in [0.1, 0.15) is 11.5 Å². The van der Waals surface area contributed by atoms with E-state index in [-0.39, 0.29) is 17.7 Å². The first-order chi connectivity index (χ1) is 18.3. The maximum absolute atomic E-state index is 14.7. The molecule has 1 amide bonds. The normalized spacial score (nSPS) is 18.5. The lowest BCUT2D eigenvalue weighted by Gasteiger charge is -2.11. The van der Waals surface area contributed by atoms with Gasteiger partial charge in [-0.3, -0.25) is 14.8 Å². The molecule has 1 aliphatic heterocycles. The van der Waals surface area contributed by atoms with Crippen molar-refractivity contribution < 1.29 is 26.7 Å². The maximum Gasteiger partial charge on any atom is 0.251 e. The SMILES string of the molecule is O=C(NCc1cc2nc(-c3cncc(C4CC4)n3)ccc2cn1)c1cc(F)c2c(c1)S(=O)(=O)[C@@H](F)COC2. The smallest absolute Gasteiger partial charge is 0.251 e. The van der Waals surface area contributed by atoms with Gasteiger partial charge in [0.2, 0.25) is 15.3 Å². The van der Waals surface area contributed by atoms with E-state index in [9.17, 15) is 22.0 Å². The summed E-state index contributed by atoms with van der Waals surface area (Å²) in [5.74, 6) is -1.24. The fourth-order valence-corrected chi connectivity index (χ4v) is 5.61. The molecule has 1 atom stereocenters. The van der Waals surface area contributed by atoms with Crippen LogP contribution in [-0.4, -0.2) is 46.4 Å². The fourth-order valence-electron chi connectivity index (χ4n) is 4.27. The van der Waals surface area contributed by atoms with Crippen LogP contribution in [0.25, 0.3) is 22.3 Å². The average Bonchev–Trinajstić information content (AvgIpc) is 3.78. The van der Waals surface area contributed by atoms with Crippen LogP contribution >= 0.6 is 0 Å². The number of amides is 1. The zero-order chi connectivity index (χ0) is 26.4. The zero-order valence-corrected chi connectivity index (χ0v) is 20.7. The molecule has 2 aliphatic rings. The lowest BCUT2D eigenvalue weighted by atomic mass is 10.1. The summed E-state index contributed by atoms with van der Waals surface area (Å²) >= 11 is 0. The summed E-state index contributed by atoms with van der Waals surface area (Å²) < 4.78 is 58.6. The minimum absolute atomic E-state index is 0.0298. The number of fused-ring (bicyclic) bond motifs is 2. The van der Waals surface area contributed by atoms with Gasteiger partial charge in [0, 0.05) is 34.8 Å². The van der Waals surface area contributed by atoms with Crippen LogP contribution in [0, 0.1) is 5.82 Å². The van der Waals surface area contributed by atoms with Crippen LogP contribution in [0.15, 0.2) is 53.8 Å². The van der Waals surface area contributed by atoms with Gasteiger partial charge in [0.25, 0.3) is 5.91 Å². The van der Waals surface area contributed by atoms with E-state index in [1.807, 2.05) is 12.1 Å². The minimum Gasteiger partial charge on any atom is -0.372 e. The second-order valence-electron chi connectivity index (χ2n) is 9.26. The summed E-state index contributed by atoms with van der Waals surface area (Å²) in [4.78, 5) is 30.2. The first kappa shape index (κ1) is 24.4. The van der Waals surface area contributed by atoms with Gasteiger partial charge in [-0.1, -0.05) is 0 Å². The summed E-state index contributed by atoms with van der Waals surface area (Å²) in [5.41, 5.74) is 0.503. The monoisotopic (exact) mass is 537 g/mol. The molecule has 4 aromatic rings. The molecule has 4 heterocycles. The molecule has 1 aromatic carbocycles. The van der Waals surface area contributed by atoms with Crippen molar-refractivity contribution in [1.82, 2.24) is 25.3 Å². The van der Waals surface area contributed by atoms with E-state index < -0.39 is 45.2 Å². The van der Waals surface area contributed by atoms with Crippen molar-refractivity contribution in [1.29, 1.82) is 0 Å². The van der Waals surface area contributed by atoms with Gasteiger partial charge in [-0.05, 0) is 43.2 Å². The van der Waals surface area contributed by atoms with Crippen molar-refractivity contribution in [3.8, 4) is 11.4 Å². The molecule has 3 aromatic heterocycles. The Morgan fingerprint density at radius 3 is 2.74 bits per heavy atom. The number of carbonyl (C=O) groups is 1. The van der Waals surface area contributed by atoms with Crippen molar-refractivity contribution in [3.63, 3.8) is 0 Å². The summed E-state index contributed by atoms with van der Waals surface area (Å²) in [6.07, 6.45) is 7.29. The van der Waals surface area contributed by atoms with Crippen LogP contribution in [0.1, 0.15) is 46.1 Å². The Bertz CT molecular complexity index is 1690. The Morgan fingerprint density at radius 1 is 1.08 bits per heavy atom. The molecule has 38 heavy (non-hydrogen) atoms. The lowest BCUT2D eigenvalue weighted by Crippen LogP contribution is -2.25. The number of nitrogens with zero attached hydrogens (tertiary/aromatic N) is 4. The molecular weight excluding hydrogens is 516 g/mol. The van der Waals surface area contributed by atoms with Crippen molar-refractivity contribution in [2.75, 3.05) is 6.61 Å². The predicted molar refractivity (Wildman–Crippen MR) is 132 cm³/mol. The van der Waals surface area contributed by atoms with Crippen LogP contribution in [0.5, 0.6) is 0 Å². The van der Waals surface area contributed by atoms with Crippen molar-refractivity contribution in [2.24, 2.45) is 0 Å². The van der Waals surface area contributed by atoms with E-state index in [0.29, 0.717) is 28.5 Å². The quantitative estimate of drug-likeness (QED) is 0.409. The topological polar surface area (TPSA) is 124 Å². The van der Waals surface area contributed by atoms with Crippen LogP contribution in [0.4, 0.5) is 8.78 Å². The molecule has 1 fully saturated rings. The van der Waals surface area contributed by atoms with Crippen molar-refractivity contribution in [2.45, 2.75) is 42.3 Å². The highest BCUT2D eigenvalue weighted by molar-refractivity contribution is 7.92. The van der Waals surface area contributed by atoms with E-state index in [1.165, 1.54) is 0 Å². The van der Waals surface area contributed by atoms with Gasteiger partial charge in [-0.25, -0.2) is 27.2 Å². The van der Waals surface area contributed by atoms with Crippen LogP contribution in [0.2, 0.25) is 0 Å². The third-order valence-electron chi connectivity index (χ3n) is 6.53. The number of sulfone groups is 1. The number of alkyl halides is 1. The number of hydrogen-bond donors (Lipinski definition) is 1. The Hall–Kier alpha value is -3.90. The van der Waals surface area contributed by atoms with E-state index >= 15 is 0 Å². The number of carbonyl (C=O) groups excluding carboxylic acids is 1. The number of aromatic nitrogens is 4. The molecule has 1 N–H and O–H groups in total. The zero-order valence-electron chi connectivity index (χ0n) is 19.9. The van der Waals surface area contributed by atoms with Gasteiger partial charge in [0.15, 0.2) is 0 Å². The lowest BCUT2D eigenvalue weighted by molar-refractivity contribution is 0.0938. The van der Waals surface area contributed by atoms with Gasteiger partial charge >= 0.3 is 0 Å². The molecule has 0 radical (unpaired) electrons. The number of pyridine rings is 2. The summed E-state index contributed by atoms with van der Waals surface area (Å²) in [6, 6.07) is 7.32. The molecule has 1 saturated carbocycles. The summed E-state index contributed by atoms with van der Waals surface area (Å²) in [6.45, 7) is -1.15. The van der Waals surface area contributed by atoms with E-state index in [0.717, 1.165) is 36.1 Å².